The number of amides is 2. The molecular weight excluding hydrogens is 422 g/mol. The number of sulfonamides is 1. The van der Waals surface area contributed by atoms with Gasteiger partial charge in [-0.2, -0.15) is 4.31 Å². The first-order valence-corrected chi connectivity index (χ1v) is 12.3. The highest BCUT2D eigenvalue weighted by molar-refractivity contribution is 7.99. The van der Waals surface area contributed by atoms with Gasteiger partial charge in [0.2, 0.25) is 15.9 Å². The van der Waals surface area contributed by atoms with Crippen molar-refractivity contribution in [3.05, 3.63) is 60.2 Å². The Morgan fingerprint density at radius 1 is 1.10 bits per heavy atom. The van der Waals surface area contributed by atoms with Crippen LogP contribution in [0.2, 0.25) is 0 Å². The Labute approximate surface area is 181 Å². The van der Waals surface area contributed by atoms with Gasteiger partial charge >= 0.3 is 0 Å². The number of hydrogen-bond acceptors (Lipinski definition) is 5. The molecule has 0 aliphatic carbocycles. The predicted octanol–water partition coefficient (Wildman–Crippen LogP) is 2.87. The van der Waals surface area contributed by atoms with Crippen molar-refractivity contribution < 1.29 is 18.0 Å². The molecule has 1 fully saturated rings. The summed E-state index contributed by atoms with van der Waals surface area (Å²) in [6, 6.07) is 14.4. The molecule has 3 rings (SSSR count). The minimum Gasteiger partial charge on any atom is -0.324 e. The van der Waals surface area contributed by atoms with Gasteiger partial charge in [-0.05, 0) is 30.3 Å². The van der Waals surface area contributed by atoms with Gasteiger partial charge in [-0.1, -0.05) is 38.1 Å². The molecule has 1 unspecified atom stereocenters. The summed E-state index contributed by atoms with van der Waals surface area (Å²) >= 11 is 1.51. The molecule has 0 spiro atoms. The standard InChI is InChI=1S/C21H25N3O4S2/c1-3-23(4-2)30(27,28)18-12-8-11-17(13-18)22-20(25)19-14-29-15-24(19)21(26)16-9-6-5-7-10-16/h5-13,19H,3-4,14-15H2,1-2H3,(H,22,25). The maximum Gasteiger partial charge on any atom is 0.255 e. The van der Waals surface area contributed by atoms with Gasteiger partial charge in [0.05, 0.1) is 10.8 Å². The molecule has 1 atom stereocenters. The maximum atomic E-state index is 12.9. The van der Waals surface area contributed by atoms with E-state index in [2.05, 4.69) is 5.32 Å². The van der Waals surface area contributed by atoms with E-state index >= 15 is 0 Å². The number of thioether (sulfide) groups is 1. The minimum atomic E-state index is -3.63. The van der Waals surface area contributed by atoms with Crippen LogP contribution in [0, 0.1) is 0 Å². The third-order valence-corrected chi connectivity index (χ3v) is 7.97. The number of anilines is 1. The third kappa shape index (κ3) is 4.69. The van der Waals surface area contributed by atoms with Gasteiger partial charge < -0.3 is 10.2 Å². The van der Waals surface area contributed by atoms with Crippen molar-refractivity contribution in [1.29, 1.82) is 0 Å². The van der Waals surface area contributed by atoms with Crippen LogP contribution in [0.3, 0.4) is 0 Å². The van der Waals surface area contributed by atoms with E-state index in [0.717, 1.165) is 0 Å². The molecule has 2 amide bonds. The number of nitrogens with one attached hydrogen (secondary N) is 1. The van der Waals surface area contributed by atoms with Crippen LogP contribution in [0.5, 0.6) is 0 Å². The second kappa shape index (κ2) is 9.63. The van der Waals surface area contributed by atoms with Crippen LogP contribution < -0.4 is 5.32 Å². The molecule has 7 nitrogen and oxygen atoms in total. The summed E-state index contributed by atoms with van der Waals surface area (Å²) in [5.74, 6) is 0.393. The Morgan fingerprint density at radius 2 is 1.80 bits per heavy atom. The Bertz CT molecular complexity index is 1010. The highest BCUT2D eigenvalue weighted by Gasteiger charge is 2.35. The largest absolute Gasteiger partial charge is 0.324 e. The van der Waals surface area contributed by atoms with Crippen molar-refractivity contribution in [3.8, 4) is 0 Å². The molecular formula is C21H25N3O4S2. The van der Waals surface area contributed by atoms with Gasteiger partial charge in [0.15, 0.2) is 0 Å². The summed E-state index contributed by atoms with van der Waals surface area (Å²) in [4.78, 5) is 27.4. The van der Waals surface area contributed by atoms with Crippen molar-refractivity contribution >= 4 is 39.3 Å². The highest BCUT2D eigenvalue weighted by Crippen LogP contribution is 2.25. The highest BCUT2D eigenvalue weighted by atomic mass is 32.2. The monoisotopic (exact) mass is 447 g/mol. The van der Waals surface area contributed by atoms with Crippen LogP contribution in [-0.2, 0) is 14.8 Å². The molecule has 1 aliphatic heterocycles. The zero-order valence-electron chi connectivity index (χ0n) is 16.9. The van der Waals surface area contributed by atoms with Crippen LogP contribution in [0.4, 0.5) is 5.69 Å². The van der Waals surface area contributed by atoms with Crippen LogP contribution >= 0.6 is 11.8 Å². The molecule has 1 heterocycles. The maximum absolute atomic E-state index is 12.9. The number of hydrogen-bond donors (Lipinski definition) is 1. The molecule has 160 valence electrons. The van der Waals surface area contributed by atoms with E-state index in [9.17, 15) is 18.0 Å². The van der Waals surface area contributed by atoms with Crippen molar-refractivity contribution in [1.82, 2.24) is 9.21 Å². The van der Waals surface area contributed by atoms with Crippen LogP contribution in [-0.4, -0.2) is 60.2 Å². The fourth-order valence-electron chi connectivity index (χ4n) is 3.28. The van der Waals surface area contributed by atoms with E-state index in [1.807, 2.05) is 6.07 Å². The van der Waals surface area contributed by atoms with Crippen molar-refractivity contribution in [2.45, 2.75) is 24.8 Å². The molecule has 0 radical (unpaired) electrons. The third-order valence-electron chi connectivity index (χ3n) is 4.91. The molecule has 1 saturated heterocycles. The molecule has 1 aliphatic rings. The van der Waals surface area contributed by atoms with Crippen LogP contribution in [0.25, 0.3) is 0 Å². The summed E-state index contributed by atoms with van der Waals surface area (Å²) in [6.07, 6.45) is 0. The second-order valence-corrected chi connectivity index (χ2v) is 9.70. The van der Waals surface area contributed by atoms with E-state index in [1.54, 1.807) is 55.1 Å². The minimum absolute atomic E-state index is 0.127. The van der Waals surface area contributed by atoms with Crippen molar-refractivity contribution in [2.75, 3.05) is 30.0 Å². The molecule has 1 N–H and O–H groups in total. The fraction of sp³-hybridized carbons (Fsp3) is 0.333. The quantitative estimate of drug-likeness (QED) is 0.705. The van der Waals surface area contributed by atoms with E-state index in [0.29, 0.717) is 36.0 Å². The lowest BCUT2D eigenvalue weighted by molar-refractivity contribution is -0.119. The lowest BCUT2D eigenvalue weighted by Crippen LogP contribution is -2.44. The number of carbonyl (C=O) groups is 2. The molecule has 0 saturated carbocycles. The average Bonchev–Trinajstić information content (AvgIpc) is 3.25. The van der Waals surface area contributed by atoms with Gasteiger partial charge in [-0.3, -0.25) is 9.59 Å². The summed E-state index contributed by atoms with van der Waals surface area (Å²) in [5, 5.41) is 2.78. The Morgan fingerprint density at radius 3 is 2.47 bits per heavy atom. The number of benzene rings is 2. The van der Waals surface area contributed by atoms with Gasteiger partial charge in [-0.15, -0.1) is 11.8 Å². The SMILES string of the molecule is CCN(CC)S(=O)(=O)c1cccc(NC(=O)C2CSCN2C(=O)c2ccccc2)c1. The lowest BCUT2D eigenvalue weighted by Gasteiger charge is -2.23. The number of nitrogens with zero attached hydrogens (tertiary/aromatic N) is 2. The summed E-state index contributed by atoms with van der Waals surface area (Å²) < 4.78 is 26.9. The van der Waals surface area contributed by atoms with Gasteiger partial charge in [0, 0.05) is 30.1 Å². The first kappa shape index (κ1) is 22.3. The first-order valence-electron chi connectivity index (χ1n) is 9.73. The number of rotatable bonds is 7. The molecule has 2 aromatic rings. The topological polar surface area (TPSA) is 86.8 Å². The lowest BCUT2D eigenvalue weighted by atomic mass is 10.1. The average molecular weight is 448 g/mol. The van der Waals surface area contributed by atoms with Gasteiger partial charge in [0.25, 0.3) is 5.91 Å². The van der Waals surface area contributed by atoms with Crippen molar-refractivity contribution in [2.24, 2.45) is 0 Å². The molecule has 0 bridgehead atoms. The summed E-state index contributed by atoms with van der Waals surface area (Å²) in [6.45, 7) is 4.29. The second-order valence-electron chi connectivity index (χ2n) is 6.76. The Kier molecular flexibility index (Phi) is 7.17. The molecule has 9 heteroatoms. The molecule has 2 aromatic carbocycles. The first-order chi connectivity index (χ1) is 14.4. The normalized spacial score (nSPS) is 16.6. The van der Waals surface area contributed by atoms with Crippen LogP contribution in [0.1, 0.15) is 24.2 Å². The summed E-state index contributed by atoms with van der Waals surface area (Å²) in [7, 11) is -3.63. The van der Waals surface area contributed by atoms with E-state index in [4.69, 9.17) is 0 Å². The number of carbonyl (C=O) groups excluding carboxylic acids is 2. The van der Waals surface area contributed by atoms with E-state index in [1.165, 1.54) is 28.2 Å². The Balaban J connectivity index is 1.77. The molecule has 30 heavy (non-hydrogen) atoms. The predicted molar refractivity (Wildman–Crippen MR) is 119 cm³/mol. The van der Waals surface area contributed by atoms with Gasteiger partial charge in [0.1, 0.15) is 6.04 Å². The Hall–Kier alpha value is -2.36. The van der Waals surface area contributed by atoms with E-state index in [-0.39, 0.29) is 16.7 Å². The van der Waals surface area contributed by atoms with Crippen LogP contribution in [0.15, 0.2) is 59.5 Å². The smallest absolute Gasteiger partial charge is 0.255 e. The fourth-order valence-corrected chi connectivity index (χ4v) is 5.94. The van der Waals surface area contributed by atoms with E-state index < -0.39 is 16.1 Å². The zero-order valence-corrected chi connectivity index (χ0v) is 18.6. The molecule has 0 aromatic heterocycles. The van der Waals surface area contributed by atoms with Gasteiger partial charge in [-0.25, -0.2) is 8.42 Å². The zero-order chi connectivity index (χ0) is 21.7. The van der Waals surface area contributed by atoms with Crippen molar-refractivity contribution in [3.63, 3.8) is 0 Å². The summed E-state index contributed by atoms with van der Waals surface area (Å²) in [5.41, 5.74) is 0.919.